The molecule has 6 nitrogen and oxygen atoms in total. The van der Waals surface area contributed by atoms with Crippen molar-refractivity contribution in [3.05, 3.63) is 34.7 Å². The predicted octanol–water partition coefficient (Wildman–Crippen LogP) is 1.32. The molecule has 1 aromatic rings. The first kappa shape index (κ1) is 10.4. The predicted molar refractivity (Wildman–Crippen MR) is 49.6 cm³/mol. The molecular weight excluding hydrogens is 186 g/mol. The standard InChI is InChI=1S/C8H11N3O3/c1-2-3-4-7(12)8-6(11(13)14)5-9-10-8/h2,5,7,12H,1,3-4H2,(H,9,10). The Morgan fingerprint density at radius 2 is 2.57 bits per heavy atom. The number of hydrogen-bond acceptors (Lipinski definition) is 4. The fraction of sp³-hybridized carbons (Fsp3) is 0.375. The molecule has 0 fully saturated rings. The molecule has 1 atom stereocenters. The third-order valence-electron chi connectivity index (χ3n) is 1.82. The molecule has 2 N–H and O–H groups in total. The molecule has 0 aliphatic rings. The highest BCUT2D eigenvalue weighted by molar-refractivity contribution is 5.33. The van der Waals surface area contributed by atoms with E-state index in [0.29, 0.717) is 12.8 Å². The minimum atomic E-state index is -0.893. The zero-order chi connectivity index (χ0) is 10.6. The molecule has 1 aromatic heterocycles. The van der Waals surface area contributed by atoms with Gasteiger partial charge in [0.05, 0.1) is 4.92 Å². The molecule has 1 unspecified atom stereocenters. The lowest BCUT2D eigenvalue weighted by atomic mass is 10.1. The van der Waals surface area contributed by atoms with Crippen LogP contribution in [0, 0.1) is 10.1 Å². The monoisotopic (exact) mass is 197 g/mol. The molecule has 6 heteroatoms. The second-order valence-electron chi connectivity index (χ2n) is 2.81. The van der Waals surface area contributed by atoms with Gasteiger partial charge in [-0.25, -0.2) is 0 Å². The molecule has 0 bridgehead atoms. The first-order chi connectivity index (χ1) is 6.66. The van der Waals surface area contributed by atoms with Crippen LogP contribution in [0.2, 0.25) is 0 Å². The van der Waals surface area contributed by atoms with Crippen molar-refractivity contribution in [2.24, 2.45) is 0 Å². The van der Waals surface area contributed by atoms with Crippen molar-refractivity contribution in [3.63, 3.8) is 0 Å². The first-order valence-corrected chi connectivity index (χ1v) is 4.13. The Kier molecular flexibility index (Phi) is 3.35. The SMILES string of the molecule is C=CCCC(O)c1[nH]ncc1[N+](=O)[O-]. The Balaban J connectivity index is 2.78. The number of aliphatic hydroxyl groups excluding tert-OH is 1. The van der Waals surface area contributed by atoms with Gasteiger partial charge in [-0.05, 0) is 12.8 Å². The van der Waals surface area contributed by atoms with Gasteiger partial charge in [-0.3, -0.25) is 15.2 Å². The van der Waals surface area contributed by atoms with Crippen molar-refractivity contribution in [3.8, 4) is 0 Å². The van der Waals surface area contributed by atoms with Crippen LogP contribution in [0.1, 0.15) is 24.6 Å². The third kappa shape index (κ3) is 2.17. The zero-order valence-corrected chi connectivity index (χ0v) is 7.51. The van der Waals surface area contributed by atoms with E-state index >= 15 is 0 Å². The molecule has 1 rings (SSSR count). The second-order valence-corrected chi connectivity index (χ2v) is 2.81. The number of aromatic nitrogens is 2. The fourth-order valence-electron chi connectivity index (χ4n) is 1.10. The van der Waals surface area contributed by atoms with Gasteiger partial charge in [-0.1, -0.05) is 6.08 Å². The number of aliphatic hydroxyl groups is 1. The molecule has 0 spiro atoms. The zero-order valence-electron chi connectivity index (χ0n) is 7.51. The highest BCUT2D eigenvalue weighted by atomic mass is 16.6. The van der Waals surface area contributed by atoms with Crippen LogP contribution in [-0.4, -0.2) is 20.2 Å². The van der Waals surface area contributed by atoms with E-state index in [2.05, 4.69) is 16.8 Å². The normalized spacial score (nSPS) is 12.4. The lowest BCUT2D eigenvalue weighted by Crippen LogP contribution is -2.01. The van der Waals surface area contributed by atoms with Crippen LogP contribution in [0.25, 0.3) is 0 Å². The molecule has 0 radical (unpaired) electrons. The van der Waals surface area contributed by atoms with Gasteiger partial charge in [0.1, 0.15) is 18.0 Å². The van der Waals surface area contributed by atoms with Crippen LogP contribution < -0.4 is 0 Å². The Morgan fingerprint density at radius 1 is 1.86 bits per heavy atom. The topological polar surface area (TPSA) is 92.0 Å². The van der Waals surface area contributed by atoms with Gasteiger partial charge in [0.25, 0.3) is 0 Å². The van der Waals surface area contributed by atoms with Gasteiger partial charge in [0, 0.05) is 0 Å². The van der Waals surface area contributed by atoms with Crippen molar-refractivity contribution >= 4 is 5.69 Å². The van der Waals surface area contributed by atoms with E-state index in [1.807, 2.05) is 0 Å². The van der Waals surface area contributed by atoms with Crippen LogP contribution in [-0.2, 0) is 0 Å². The highest BCUT2D eigenvalue weighted by Crippen LogP contribution is 2.25. The number of nitrogens with one attached hydrogen (secondary N) is 1. The Morgan fingerprint density at radius 3 is 3.14 bits per heavy atom. The number of H-pyrrole nitrogens is 1. The average Bonchev–Trinajstić information content (AvgIpc) is 2.62. The molecule has 76 valence electrons. The Labute approximate surface area is 80.4 Å². The number of aromatic amines is 1. The maximum Gasteiger partial charge on any atom is 0.312 e. The lowest BCUT2D eigenvalue weighted by Gasteiger charge is -2.05. The van der Waals surface area contributed by atoms with E-state index in [-0.39, 0.29) is 11.4 Å². The minimum absolute atomic E-state index is 0.150. The van der Waals surface area contributed by atoms with E-state index in [9.17, 15) is 15.2 Å². The van der Waals surface area contributed by atoms with Crippen molar-refractivity contribution in [1.82, 2.24) is 10.2 Å². The summed E-state index contributed by atoms with van der Waals surface area (Å²) in [6.45, 7) is 3.50. The third-order valence-corrected chi connectivity index (χ3v) is 1.82. The van der Waals surface area contributed by atoms with Crippen molar-refractivity contribution < 1.29 is 10.0 Å². The molecule has 0 aromatic carbocycles. The maximum atomic E-state index is 10.5. The summed E-state index contributed by atoms with van der Waals surface area (Å²) < 4.78 is 0. The molecule has 0 saturated carbocycles. The van der Waals surface area contributed by atoms with Gasteiger partial charge >= 0.3 is 5.69 Å². The van der Waals surface area contributed by atoms with Gasteiger partial charge in [-0.2, -0.15) is 5.10 Å². The highest BCUT2D eigenvalue weighted by Gasteiger charge is 2.21. The van der Waals surface area contributed by atoms with Gasteiger partial charge in [0.2, 0.25) is 0 Å². The Hall–Kier alpha value is -1.69. The number of nitro groups is 1. The largest absolute Gasteiger partial charge is 0.387 e. The van der Waals surface area contributed by atoms with Gasteiger partial charge < -0.3 is 5.11 Å². The lowest BCUT2D eigenvalue weighted by molar-refractivity contribution is -0.386. The van der Waals surface area contributed by atoms with Crippen LogP contribution in [0.15, 0.2) is 18.9 Å². The fourth-order valence-corrected chi connectivity index (χ4v) is 1.10. The average molecular weight is 197 g/mol. The summed E-state index contributed by atoms with van der Waals surface area (Å²) in [5.41, 5.74) is -0.0292. The summed E-state index contributed by atoms with van der Waals surface area (Å²) in [6, 6.07) is 0. The van der Waals surface area contributed by atoms with Crippen LogP contribution >= 0.6 is 0 Å². The number of rotatable bonds is 5. The molecular formula is C8H11N3O3. The quantitative estimate of drug-likeness (QED) is 0.423. The van der Waals surface area contributed by atoms with Crippen LogP contribution in [0.3, 0.4) is 0 Å². The van der Waals surface area contributed by atoms with Gasteiger partial charge in [0.15, 0.2) is 0 Å². The molecule has 0 aliphatic heterocycles. The van der Waals surface area contributed by atoms with Gasteiger partial charge in [-0.15, -0.1) is 6.58 Å². The van der Waals surface area contributed by atoms with Crippen molar-refractivity contribution in [2.45, 2.75) is 18.9 Å². The minimum Gasteiger partial charge on any atom is -0.387 e. The molecule has 0 amide bonds. The van der Waals surface area contributed by atoms with E-state index in [4.69, 9.17) is 0 Å². The summed E-state index contributed by atoms with van der Waals surface area (Å²) >= 11 is 0. The van der Waals surface area contributed by atoms with E-state index in [1.165, 1.54) is 0 Å². The van der Waals surface area contributed by atoms with E-state index in [0.717, 1.165) is 6.20 Å². The van der Waals surface area contributed by atoms with Crippen molar-refractivity contribution in [1.29, 1.82) is 0 Å². The summed E-state index contributed by atoms with van der Waals surface area (Å²) in [5.74, 6) is 0. The molecule has 0 saturated heterocycles. The summed E-state index contributed by atoms with van der Waals surface area (Å²) in [6.07, 6.45) is 2.83. The maximum absolute atomic E-state index is 10.5. The smallest absolute Gasteiger partial charge is 0.312 e. The Bertz CT molecular complexity index is 334. The summed E-state index contributed by atoms with van der Waals surface area (Å²) in [5, 5.41) is 26.0. The molecule has 14 heavy (non-hydrogen) atoms. The molecule has 0 aliphatic carbocycles. The number of allylic oxidation sites excluding steroid dienone is 1. The number of nitrogens with zero attached hydrogens (tertiary/aromatic N) is 2. The first-order valence-electron chi connectivity index (χ1n) is 4.13. The van der Waals surface area contributed by atoms with Crippen molar-refractivity contribution in [2.75, 3.05) is 0 Å². The second kappa shape index (κ2) is 4.52. The van der Waals surface area contributed by atoms with E-state index in [1.54, 1.807) is 6.08 Å². The number of hydrogen-bond donors (Lipinski definition) is 2. The summed E-state index contributed by atoms with van der Waals surface area (Å²) in [7, 11) is 0. The molecule has 1 heterocycles. The summed E-state index contributed by atoms with van der Waals surface area (Å²) in [4.78, 5) is 9.90. The van der Waals surface area contributed by atoms with Crippen LogP contribution in [0.5, 0.6) is 0 Å². The van der Waals surface area contributed by atoms with E-state index < -0.39 is 11.0 Å². The van der Waals surface area contributed by atoms with Crippen LogP contribution in [0.4, 0.5) is 5.69 Å².